The van der Waals surface area contributed by atoms with Gasteiger partial charge in [0.25, 0.3) is 0 Å². The molecule has 2 saturated heterocycles. The van der Waals surface area contributed by atoms with Crippen LogP contribution in [0.25, 0.3) is 0 Å². The van der Waals surface area contributed by atoms with Crippen LogP contribution in [0.15, 0.2) is 0 Å². The van der Waals surface area contributed by atoms with Crippen LogP contribution < -0.4 is 5.32 Å². The van der Waals surface area contributed by atoms with Crippen LogP contribution in [0, 0.1) is 5.92 Å². The third kappa shape index (κ3) is 5.23. The second-order valence-corrected chi connectivity index (χ2v) is 5.79. The summed E-state index contributed by atoms with van der Waals surface area (Å²) in [7, 11) is 0. The standard InChI is InChI=1S/C15H28N2O2.ClH/c1-2-11-19-14-6-4-9-17(10-7-14)15(18)13-5-3-8-16-12-13;/h13-14,16H,2-12H2,1H3;1H. The molecule has 2 fully saturated rings. The molecule has 0 saturated carbocycles. The number of halogens is 1. The summed E-state index contributed by atoms with van der Waals surface area (Å²) in [6.45, 7) is 6.72. The molecular weight excluding hydrogens is 276 g/mol. The summed E-state index contributed by atoms with van der Waals surface area (Å²) in [6.07, 6.45) is 6.82. The highest BCUT2D eigenvalue weighted by atomic mass is 35.5. The van der Waals surface area contributed by atoms with Crippen LogP contribution in [-0.4, -0.2) is 49.7 Å². The van der Waals surface area contributed by atoms with Gasteiger partial charge in [0, 0.05) is 26.2 Å². The number of hydrogen-bond acceptors (Lipinski definition) is 3. The van der Waals surface area contributed by atoms with Crippen molar-refractivity contribution in [1.29, 1.82) is 0 Å². The number of hydrogen-bond donors (Lipinski definition) is 1. The van der Waals surface area contributed by atoms with Crippen molar-refractivity contribution in [2.75, 3.05) is 32.8 Å². The SMILES string of the molecule is CCCOC1CCCN(C(=O)C2CCCNC2)CC1.Cl. The number of piperidine rings is 1. The monoisotopic (exact) mass is 304 g/mol. The van der Waals surface area contributed by atoms with Crippen LogP contribution in [0.2, 0.25) is 0 Å². The number of amides is 1. The molecule has 118 valence electrons. The maximum absolute atomic E-state index is 12.5. The molecule has 2 atom stereocenters. The lowest BCUT2D eigenvalue weighted by Crippen LogP contribution is -2.43. The van der Waals surface area contributed by atoms with Crippen LogP contribution in [0.4, 0.5) is 0 Å². The fourth-order valence-electron chi connectivity index (χ4n) is 3.06. The zero-order valence-electron chi connectivity index (χ0n) is 12.6. The van der Waals surface area contributed by atoms with E-state index < -0.39 is 0 Å². The number of carbonyl (C=O) groups is 1. The molecule has 0 aliphatic carbocycles. The van der Waals surface area contributed by atoms with E-state index in [2.05, 4.69) is 17.1 Å². The van der Waals surface area contributed by atoms with Gasteiger partial charge in [-0.3, -0.25) is 4.79 Å². The smallest absolute Gasteiger partial charge is 0.226 e. The largest absolute Gasteiger partial charge is 0.378 e. The Kier molecular flexibility index (Phi) is 8.50. The zero-order chi connectivity index (χ0) is 13.5. The van der Waals surface area contributed by atoms with E-state index in [1.165, 1.54) is 0 Å². The van der Waals surface area contributed by atoms with Crippen LogP contribution in [-0.2, 0) is 9.53 Å². The highest BCUT2D eigenvalue weighted by molar-refractivity contribution is 5.85. The molecule has 2 unspecified atom stereocenters. The highest BCUT2D eigenvalue weighted by Crippen LogP contribution is 2.19. The number of nitrogens with zero attached hydrogens (tertiary/aromatic N) is 1. The van der Waals surface area contributed by atoms with Crippen molar-refractivity contribution in [3.05, 3.63) is 0 Å². The fourth-order valence-corrected chi connectivity index (χ4v) is 3.06. The maximum Gasteiger partial charge on any atom is 0.226 e. The van der Waals surface area contributed by atoms with E-state index in [1.54, 1.807) is 0 Å². The lowest BCUT2D eigenvalue weighted by atomic mass is 9.98. The third-order valence-corrected chi connectivity index (χ3v) is 4.19. The van der Waals surface area contributed by atoms with Crippen molar-refractivity contribution >= 4 is 18.3 Å². The first kappa shape index (κ1) is 17.7. The molecule has 0 spiro atoms. The van der Waals surface area contributed by atoms with Gasteiger partial charge in [-0.1, -0.05) is 6.92 Å². The minimum absolute atomic E-state index is 0. The molecule has 2 heterocycles. The van der Waals surface area contributed by atoms with Gasteiger partial charge in [-0.15, -0.1) is 12.4 Å². The summed E-state index contributed by atoms with van der Waals surface area (Å²) in [6, 6.07) is 0. The van der Waals surface area contributed by atoms with Crippen LogP contribution >= 0.6 is 12.4 Å². The van der Waals surface area contributed by atoms with Gasteiger partial charge in [0.05, 0.1) is 12.0 Å². The molecule has 0 bridgehead atoms. The molecule has 1 amide bonds. The summed E-state index contributed by atoms with van der Waals surface area (Å²) in [4.78, 5) is 14.5. The normalized spacial score (nSPS) is 27.6. The van der Waals surface area contributed by atoms with Gasteiger partial charge in [-0.05, 0) is 45.1 Å². The fraction of sp³-hybridized carbons (Fsp3) is 0.933. The van der Waals surface area contributed by atoms with Crippen molar-refractivity contribution in [2.24, 2.45) is 5.92 Å². The Balaban J connectivity index is 0.00000200. The zero-order valence-corrected chi connectivity index (χ0v) is 13.4. The van der Waals surface area contributed by atoms with Gasteiger partial charge in [0.15, 0.2) is 0 Å². The summed E-state index contributed by atoms with van der Waals surface area (Å²) in [5.74, 6) is 0.574. The average Bonchev–Trinajstić information content (AvgIpc) is 2.71. The summed E-state index contributed by atoms with van der Waals surface area (Å²) < 4.78 is 5.84. The Morgan fingerprint density at radius 1 is 1.25 bits per heavy atom. The number of carbonyl (C=O) groups excluding carboxylic acids is 1. The van der Waals surface area contributed by atoms with Crippen molar-refractivity contribution in [3.63, 3.8) is 0 Å². The highest BCUT2D eigenvalue weighted by Gasteiger charge is 2.27. The number of ether oxygens (including phenoxy) is 1. The Hall–Kier alpha value is -0.320. The molecule has 20 heavy (non-hydrogen) atoms. The van der Waals surface area contributed by atoms with E-state index in [0.29, 0.717) is 12.0 Å². The van der Waals surface area contributed by atoms with Crippen molar-refractivity contribution in [3.8, 4) is 0 Å². The summed E-state index contributed by atoms with van der Waals surface area (Å²) >= 11 is 0. The van der Waals surface area contributed by atoms with Gasteiger partial charge in [0.1, 0.15) is 0 Å². The topological polar surface area (TPSA) is 41.6 Å². The van der Waals surface area contributed by atoms with Crippen molar-refractivity contribution in [1.82, 2.24) is 10.2 Å². The Morgan fingerprint density at radius 2 is 2.10 bits per heavy atom. The predicted octanol–water partition coefficient (Wildman–Crippen LogP) is 2.22. The van der Waals surface area contributed by atoms with Gasteiger partial charge in [0.2, 0.25) is 5.91 Å². The molecule has 0 aromatic carbocycles. The number of rotatable bonds is 4. The molecule has 0 aromatic heterocycles. The first-order valence-electron chi connectivity index (χ1n) is 7.92. The first-order valence-corrected chi connectivity index (χ1v) is 7.92. The van der Waals surface area contributed by atoms with E-state index in [0.717, 1.165) is 71.3 Å². The van der Waals surface area contributed by atoms with E-state index in [4.69, 9.17) is 4.74 Å². The number of likely N-dealkylation sites (tertiary alicyclic amines) is 1. The molecule has 2 aliphatic heterocycles. The van der Waals surface area contributed by atoms with Gasteiger partial charge in [-0.25, -0.2) is 0 Å². The van der Waals surface area contributed by atoms with E-state index >= 15 is 0 Å². The summed E-state index contributed by atoms with van der Waals surface area (Å²) in [5.41, 5.74) is 0. The van der Waals surface area contributed by atoms with Gasteiger partial charge in [-0.2, -0.15) is 0 Å². The third-order valence-electron chi connectivity index (χ3n) is 4.19. The molecule has 0 aromatic rings. The molecule has 1 N–H and O–H groups in total. The van der Waals surface area contributed by atoms with Gasteiger partial charge >= 0.3 is 0 Å². The van der Waals surface area contributed by atoms with E-state index in [-0.39, 0.29) is 18.3 Å². The lowest BCUT2D eigenvalue weighted by molar-refractivity contribution is -0.136. The molecule has 2 aliphatic rings. The van der Waals surface area contributed by atoms with E-state index in [9.17, 15) is 4.79 Å². The first-order chi connectivity index (χ1) is 9.31. The van der Waals surface area contributed by atoms with E-state index in [1.807, 2.05) is 0 Å². The second kappa shape index (κ2) is 9.59. The molecule has 5 heteroatoms. The van der Waals surface area contributed by atoms with Gasteiger partial charge < -0.3 is 15.0 Å². The predicted molar refractivity (Wildman–Crippen MR) is 83.3 cm³/mol. The Morgan fingerprint density at radius 3 is 2.80 bits per heavy atom. The minimum atomic E-state index is 0. The average molecular weight is 305 g/mol. The Bertz CT molecular complexity index is 283. The molecular formula is C15H29ClN2O2. The summed E-state index contributed by atoms with van der Waals surface area (Å²) in [5, 5.41) is 3.33. The molecule has 0 radical (unpaired) electrons. The quantitative estimate of drug-likeness (QED) is 0.866. The molecule has 2 rings (SSSR count). The minimum Gasteiger partial charge on any atom is -0.378 e. The van der Waals surface area contributed by atoms with Crippen LogP contribution in [0.3, 0.4) is 0 Å². The maximum atomic E-state index is 12.5. The van der Waals surface area contributed by atoms with Crippen LogP contribution in [0.5, 0.6) is 0 Å². The molecule has 4 nitrogen and oxygen atoms in total. The van der Waals surface area contributed by atoms with Crippen molar-refractivity contribution < 1.29 is 9.53 Å². The van der Waals surface area contributed by atoms with Crippen molar-refractivity contribution in [2.45, 2.75) is 51.6 Å². The second-order valence-electron chi connectivity index (χ2n) is 5.79. The van der Waals surface area contributed by atoms with Crippen LogP contribution in [0.1, 0.15) is 45.4 Å². The number of nitrogens with one attached hydrogen (secondary N) is 1. The lowest BCUT2D eigenvalue weighted by Gasteiger charge is -2.28. The Labute approximate surface area is 129 Å².